The largest absolute Gasteiger partial charge is 0.508 e. The number of rotatable bonds is 28. The molecule has 1 saturated heterocycles. The molecular formula is C46H67N9O10. The molecule has 8 amide bonds. The number of aromatic hydroxyl groups is 1. The van der Waals surface area contributed by atoms with Crippen molar-refractivity contribution in [3.8, 4) is 11.5 Å². The maximum absolute atomic E-state index is 12.6. The van der Waals surface area contributed by atoms with Gasteiger partial charge in [0.25, 0.3) is 0 Å². The second-order valence-corrected chi connectivity index (χ2v) is 15.5. The minimum atomic E-state index is -0.402. The molecule has 3 aromatic carbocycles. The van der Waals surface area contributed by atoms with Gasteiger partial charge in [-0.1, -0.05) is 42.8 Å². The van der Waals surface area contributed by atoms with Crippen LogP contribution in [0.1, 0.15) is 49.3 Å². The SMILES string of the molecule is O=C(NCCCCNC(=O)NCCOCCOCCNC(=O)Nc1cccc(O[C@H]2c3ccccc3C[C@@H]2N2CCCCC2)c1)NCCOCCOCCNC(=O)Nc1cccc(O)c1. The quantitative estimate of drug-likeness (QED) is 0.0466. The van der Waals surface area contributed by atoms with Gasteiger partial charge in [-0.3, -0.25) is 4.90 Å². The number of fused-ring (bicyclic) bond motifs is 1. The Labute approximate surface area is 381 Å². The number of unbranched alkanes of at least 4 members (excludes halogenated alkanes) is 1. The third kappa shape index (κ3) is 19.8. The number of hydrogen-bond donors (Lipinski definition) is 9. The van der Waals surface area contributed by atoms with E-state index in [1.165, 1.54) is 42.5 Å². The van der Waals surface area contributed by atoms with Crippen molar-refractivity contribution < 1.29 is 48.0 Å². The molecule has 0 aromatic heterocycles. The molecule has 9 N–H and O–H groups in total. The Hall–Kier alpha value is -5.86. The maximum atomic E-state index is 12.6. The highest BCUT2D eigenvalue weighted by Crippen LogP contribution is 2.39. The number of likely N-dealkylation sites (tertiary alicyclic amines) is 1. The first kappa shape index (κ1) is 50.1. The highest BCUT2D eigenvalue weighted by molar-refractivity contribution is 5.90. The lowest BCUT2D eigenvalue weighted by Gasteiger charge is -2.35. The lowest BCUT2D eigenvalue weighted by Crippen LogP contribution is -2.43. The van der Waals surface area contributed by atoms with Crippen molar-refractivity contribution in [2.24, 2.45) is 0 Å². The summed E-state index contributed by atoms with van der Waals surface area (Å²) >= 11 is 0. The van der Waals surface area contributed by atoms with E-state index in [4.69, 9.17) is 23.7 Å². The molecule has 2 atom stereocenters. The van der Waals surface area contributed by atoms with E-state index in [9.17, 15) is 24.3 Å². The van der Waals surface area contributed by atoms with Crippen LogP contribution in [0.25, 0.3) is 0 Å². The number of nitrogens with zero attached hydrogens (tertiary/aromatic N) is 1. The zero-order valence-electron chi connectivity index (χ0n) is 37.2. The van der Waals surface area contributed by atoms with Gasteiger partial charge in [0.15, 0.2) is 0 Å². The van der Waals surface area contributed by atoms with E-state index in [0.29, 0.717) is 122 Å². The number of phenolic OH excluding ortho intramolecular Hbond substituents is 1. The normalized spacial score (nSPS) is 15.6. The first-order chi connectivity index (χ1) is 31.8. The highest BCUT2D eigenvalue weighted by atomic mass is 16.5. The van der Waals surface area contributed by atoms with Crippen LogP contribution in [0.2, 0.25) is 0 Å². The van der Waals surface area contributed by atoms with E-state index in [2.05, 4.69) is 71.7 Å². The molecule has 65 heavy (non-hydrogen) atoms. The van der Waals surface area contributed by atoms with E-state index >= 15 is 0 Å². The van der Waals surface area contributed by atoms with Gasteiger partial charge in [0.2, 0.25) is 0 Å². The molecule has 1 aliphatic heterocycles. The van der Waals surface area contributed by atoms with E-state index < -0.39 is 6.03 Å². The number of urea groups is 4. The van der Waals surface area contributed by atoms with Gasteiger partial charge in [0.1, 0.15) is 17.6 Å². The Morgan fingerprint density at radius 3 is 1.58 bits per heavy atom. The number of carbonyl (C=O) groups excluding carboxylic acids is 4. The van der Waals surface area contributed by atoms with Crippen LogP contribution < -0.4 is 47.3 Å². The van der Waals surface area contributed by atoms with Crippen molar-refractivity contribution in [1.82, 2.24) is 36.8 Å². The molecule has 1 fully saturated rings. The van der Waals surface area contributed by atoms with Crippen molar-refractivity contribution in [3.63, 3.8) is 0 Å². The standard InChI is InChI=1S/C46H67N9O10/c56-38-13-8-11-36(33-38)53-45(59)51-20-26-63-30-28-61-24-18-49-43(57)47-16-4-5-17-48-44(58)50-19-25-62-29-31-64-27-21-52-46(60)54-37-12-9-14-39(34-37)65-42-40-15-3-2-10-35(40)32-41(42)55-22-6-1-7-23-55/h2-3,8-15,33-34,41-42,56H,1,4-7,16-32H2,(H2,47,49,57)(H2,48,50,58)(H2,51,53,59)(H2,52,54,60)/t41-,42-/m0/s1. The molecule has 356 valence electrons. The monoisotopic (exact) mass is 906 g/mol. The minimum absolute atomic E-state index is 0.0603. The molecule has 1 aliphatic carbocycles. The summed E-state index contributed by atoms with van der Waals surface area (Å²) in [7, 11) is 0. The number of phenols is 1. The smallest absolute Gasteiger partial charge is 0.319 e. The van der Waals surface area contributed by atoms with Crippen LogP contribution in [0.4, 0.5) is 30.6 Å². The minimum Gasteiger partial charge on any atom is -0.508 e. The average Bonchev–Trinajstić information content (AvgIpc) is 3.67. The van der Waals surface area contributed by atoms with Crippen LogP contribution in [0.15, 0.2) is 72.8 Å². The van der Waals surface area contributed by atoms with Gasteiger partial charge < -0.3 is 71.3 Å². The summed E-state index contributed by atoms with van der Waals surface area (Å²) in [5.41, 5.74) is 3.71. The third-order valence-electron chi connectivity index (χ3n) is 10.5. The summed E-state index contributed by atoms with van der Waals surface area (Å²) < 4.78 is 28.6. The predicted molar refractivity (Wildman–Crippen MR) is 247 cm³/mol. The van der Waals surface area contributed by atoms with Crippen molar-refractivity contribution in [2.45, 2.75) is 50.7 Å². The van der Waals surface area contributed by atoms with Gasteiger partial charge in [0.05, 0.1) is 58.9 Å². The van der Waals surface area contributed by atoms with Crippen LogP contribution in [-0.4, -0.2) is 145 Å². The lowest BCUT2D eigenvalue weighted by atomic mass is 10.0. The van der Waals surface area contributed by atoms with Gasteiger partial charge in [-0.25, -0.2) is 19.2 Å². The summed E-state index contributed by atoms with van der Waals surface area (Å²) in [6.45, 7) is 7.08. The van der Waals surface area contributed by atoms with Crippen molar-refractivity contribution in [1.29, 1.82) is 0 Å². The molecular weight excluding hydrogens is 839 g/mol. The molecule has 0 saturated carbocycles. The number of piperidine rings is 1. The summed E-state index contributed by atoms with van der Waals surface area (Å²) in [6, 6.07) is 21.3. The van der Waals surface area contributed by atoms with Crippen LogP contribution in [0, 0.1) is 0 Å². The average molecular weight is 906 g/mol. The molecule has 1 heterocycles. The molecule has 5 rings (SSSR count). The zero-order valence-corrected chi connectivity index (χ0v) is 37.2. The van der Waals surface area contributed by atoms with E-state index in [1.54, 1.807) is 12.1 Å². The third-order valence-corrected chi connectivity index (χ3v) is 10.5. The van der Waals surface area contributed by atoms with Crippen molar-refractivity contribution in [3.05, 3.63) is 83.9 Å². The molecule has 0 radical (unpaired) electrons. The predicted octanol–water partition coefficient (Wildman–Crippen LogP) is 4.31. The Balaban J connectivity index is 0.764. The Morgan fingerprint density at radius 2 is 1.03 bits per heavy atom. The van der Waals surface area contributed by atoms with E-state index in [1.807, 2.05) is 24.3 Å². The Bertz CT molecular complexity index is 1890. The molecule has 0 unspecified atom stereocenters. The van der Waals surface area contributed by atoms with Gasteiger partial charge in [-0.15, -0.1) is 0 Å². The van der Waals surface area contributed by atoms with Crippen LogP contribution in [0.3, 0.4) is 0 Å². The van der Waals surface area contributed by atoms with Crippen LogP contribution in [0.5, 0.6) is 11.5 Å². The number of benzene rings is 3. The van der Waals surface area contributed by atoms with Gasteiger partial charge >= 0.3 is 24.1 Å². The van der Waals surface area contributed by atoms with Crippen LogP contribution >= 0.6 is 0 Å². The first-order valence-corrected chi connectivity index (χ1v) is 22.7. The molecule has 3 aromatic rings. The summed E-state index contributed by atoms with van der Waals surface area (Å²) in [5.74, 6) is 0.783. The Kier molecular flexibility index (Phi) is 22.8. The topological polar surface area (TPSA) is 234 Å². The van der Waals surface area contributed by atoms with Crippen molar-refractivity contribution >= 4 is 35.5 Å². The molecule has 2 aliphatic rings. The van der Waals surface area contributed by atoms with Crippen molar-refractivity contribution in [2.75, 3.05) is 116 Å². The molecule has 0 spiro atoms. The zero-order chi connectivity index (χ0) is 45.7. The fraction of sp³-hybridized carbons (Fsp3) is 0.522. The Morgan fingerprint density at radius 1 is 0.538 bits per heavy atom. The van der Waals surface area contributed by atoms with Crippen LogP contribution in [-0.2, 0) is 25.4 Å². The molecule has 19 heteroatoms. The highest BCUT2D eigenvalue weighted by Gasteiger charge is 2.38. The first-order valence-electron chi connectivity index (χ1n) is 22.7. The van der Waals surface area contributed by atoms with E-state index in [-0.39, 0.29) is 29.9 Å². The summed E-state index contributed by atoms with van der Waals surface area (Å²) in [4.78, 5) is 51.0. The number of carbonyl (C=O) groups is 4. The van der Waals surface area contributed by atoms with E-state index in [0.717, 1.165) is 25.3 Å². The second kappa shape index (κ2) is 29.6. The van der Waals surface area contributed by atoms with Gasteiger partial charge in [-0.05, 0) is 80.6 Å². The molecule has 19 nitrogen and oxygen atoms in total. The fourth-order valence-corrected chi connectivity index (χ4v) is 7.35. The van der Waals surface area contributed by atoms with Gasteiger partial charge in [-0.2, -0.15) is 0 Å². The summed E-state index contributed by atoms with van der Waals surface area (Å²) in [6.07, 6.45) is 6.03. The number of amides is 8. The van der Waals surface area contributed by atoms with Gasteiger partial charge in [0, 0.05) is 62.8 Å². The molecule has 0 bridgehead atoms. The number of nitrogens with one attached hydrogen (secondary N) is 8. The second-order valence-electron chi connectivity index (χ2n) is 15.5. The maximum Gasteiger partial charge on any atom is 0.319 e. The lowest BCUT2D eigenvalue weighted by molar-refractivity contribution is 0.0511. The fourth-order valence-electron chi connectivity index (χ4n) is 7.35. The number of ether oxygens (including phenoxy) is 5. The summed E-state index contributed by atoms with van der Waals surface area (Å²) in [5, 5.41) is 31.4. The number of anilines is 2. The number of hydrogen-bond acceptors (Lipinski definition) is 11.